The number of hydrogen-bond donors (Lipinski definition) is 1. The zero-order valence-corrected chi connectivity index (χ0v) is 11.5. The third-order valence-corrected chi connectivity index (χ3v) is 3.17. The molecule has 104 valence electrons. The molecule has 0 saturated heterocycles. The molecule has 6 heteroatoms. The van der Waals surface area contributed by atoms with Crippen molar-refractivity contribution in [2.45, 2.75) is 19.8 Å². The predicted octanol–water partition coefficient (Wildman–Crippen LogP) is 1.62. The minimum absolute atomic E-state index is 0.0471. The van der Waals surface area contributed by atoms with Gasteiger partial charge in [-0.2, -0.15) is 10.5 Å². The van der Waals surface area contributed by atoms with E-state index in [9.17, 15) is 10.1 Å². The molecule has 21 heavy (non-hydrogen) atoms. The lowest BCUT2D eigenvalue weighted by Crippen LogP contribution is -2.24. The monoisotopic (exact) mass is 280 g/mol. The van der Waals surface area contributed by atoms with Crippen LogP contribution >= 0.6 is 0 Å². The van der Waals surface area contributed by atoms with E-state index in [2.05, 4.69) is 4.98 Å². The van der Waals surface area contributed by atoms with Crippen molar-refractivity contribution in [2.75, 3.05) is 0 Å². The standard InChI is InChI=1S/C15H12N4O2/c1-8(20)13-9(2)21-15(18)11(7-17)14(13)12-5-3-4-10(6-16)19-12/h3-5,14H,18H2,1-2H3. The highest BCUT2D eigenvalue weighted by molar-refractivity contribution is 5.96. The van der Waals surface area contributed by atoms with Crippen LogP contribution in [0.2, 0.25) is 0 Å². The molecule has 1 aromatic rings. The molecular weight excluding hydrogens is 268 g/mol. The van der Waals surface area contributed by atoms with Crippen molar-refractivity contribution in [3.05, 3.63) is 52.4 Å². The summed E-state index contributed by atoms with van der Waals surface area (Å²) in [4.78, 5) is 16.1. The number of hydrogen-bond acceptors (Lipinski definition) is 6. The quantitative estimate of drug-likeness (QED) is 0.880. The van der Waals surface area contributed by atoms with Crippen LogP contribution in [0.25, 0.3) is 0 Å². The Labute approximate surface area is 121 Å². The van der Waals surface area contributed by atoms with E-state index in [1.165, 1.54) is 6.92 Å². The fourth-order valence-corrected chi connectivity index (χ4v) is 2.31. The summed E-state index contributed by atoms with van der Waals surface area (Å²) in [5, 5.41) is 18.3. The lowest BCUT2D eigenvalue weighted by Gasteiger charge is -2.26. The van der Waals surface area contributed by atoms with Gasteiger partial charge in [0.25, 0.3) is 0 Å². The molecule has 6 nitrogen and oxygen atoms in total. The molecule has 1 aliphatic heterocycles. The second-order valence-electron chi connectivity index (χ2n) is 4.51. The zero-order chi connectivity index (χ0) is 15.6. The summed E-state index contributed by atoms with van der Waals surface area (Å²) < 4.78 is 5.27. The molecule has 0 aromatic carbocycles. The van der Waals surface area contributed by atoms with Gasteiger partial charge >= 0.3 is 0 Å². The zero-order valence-electron chi connectivity index (χ0n) is 11.5. The van der Waals surface area contributed by atoms with Crippen molar-refractivity contribution in [2.24, 2.45) is 5.73 Å². The second kappa shape index (κ2) is 5.48. The molecule has 2 heterocycles. The van der Waals surface area contributed by atoms with Gasteiger partial charge in [-0.25, -0.2) is 4.98 Å². The van der Waals surface area contributed by atoms with Crippen LogP contribution in [0.5, 0.6) is 0 Å². The summed E-state index contributed by atoms with van der Waals surface area (Å²) in [6.07, 6.45) is 0. The van der Waals surface area contributed by atoms with Gasteiger partial charge in [0.15, 0.2) is 5.78 Å². The molecule has 0 amide bonds. The van der Waals surface area contributed by atoms with Crippen molar-refractivity contribution in [1.82, 2.24) is 4.98 Å². The minimum atomic E-state index is -0.713. The summed E-state index contributed by atoms with van der Waals surface area (Å²) in [5.41, 5.74) is 6.80. The van der Waals surface area contributed by atoms with Crippen LogP contribution in [-0.4, -0.2) is 10.8 Å². The van der Waals surface area contributed by atoms with Gasteiger partial charge in [-0.05, 0) is 26.0 Å². The first-order valence-corrected chi connectivity index (χ1v) is 6.16. The number of ketones is 1. The second-order valence-corrected chi connectivity index (χ2v) is 4.51. The first-order chi connectivity index (χ1) is 9.99. The van der Waals surface area contributed by atoms with Crippen LogP contribution in [0.4, 0.5) is 0 Å². The molecule has 0 spiro atoms. The molecule has 0 bridgehead atoms. The fourth-order valence-electron chi connectivity index (χ4n) is 2.31. The minimum Gasteiger partial charge on any atom is -0.445 e. The smallest absolute Gasteiger partial charge is 0.205 e. The van der Waals surface area contributed by atoms with Crippen molar-refractivity contribution in [3.63, 3.8) is 0 Å². The molecular formula is C15H12N4O2. The topological polar surface area (TPSA) is 113 Å². The van der Waals surface area contributed by atoms with E-state index in [1.54, 1.807) is 25.1 Å². The van der Waals surface area contributed by atoms with Crippen molar-refractivity contribution >= 4 is 5.78 Å². The average molecular weight is 280 g/mol. The van der Waals surface area contributed by atoms with Crippen LogP contribution in [0.15, 0.2) is 41.0 Å². The molecule has 0 aliphatic carbocycles. The number of Topliss-reactive ketones (excluding diaryl/α,β-unsaturated/α-hetero) is 1. The van der Waals surface area contributed by atoms with E-state index in [0.29, 0.717) is 17.0 Å². The Morgan fingerprint density at radius 3 is 2.67 bits per heavy atom. The number of rotatable bonds is 2. The van der Waals surface area contributed by atoms with E-state index in [-0.39, 0.29) is 22.9 Å². The fraction of sp³-hybridized carbons (Fsp3) is 0.200. The molecule has 2 rings (SSSR count). The third-order valence-electron chi connectivity index (χ3n) is 3.17. The summed E-state index contributed by atoms with van der Waals surface area (Å²) in [6.45, 7) is 3.00. The van der Waals surface area contributed by atoms with Gasteiger partial charge in [-0.1, -0.05) is 6.07 Å². The normalized spacial score (nSPS) is 17.8. The lowest BCUT2D eigenvalue weighted by molar-refractivity contribution is -0.114. The van der Waals surface area contributed by atoms with Crippen LogP contribution in [-0.2, 0) is 9.53 Å². The average Bonchev–Trinajstić information content (AvgIpc) is 2.46. The van der Waals surface area contributed by atoms with E-state index in [4.69, 9.17) is 15.7 Å². The van der Waals surface area contributed by atoms with E-state index < -0.39 is 5.92 Å². The Balaban J connectivity index is 2.69. The Morgan fingerprint density at radius 2 is 2.10 bits per heavy atom. The number of carbonyl (C=O) groups is 1. The van der Waals surface area contributed by atoms with E-state index >= 15 is 0 Å². The van der Waals surface area contributed by atoms with Gasteiger partial charge in [0, 0.05) is 5.57 Å². The summed E-state index contributed by atoms with van der Waals surface area (Å²) in [5.74, 6) is -0.654. The van der Waals surface area contributed by atoms with Gasteiger partial charge in [0.2, 0.25) is 5.88 Å². The van der Waals surface area contributed by atoms with Crippen LogP contribution in [0, 0.1) is 22.7 Å². The highest BCUT2D eigenvalue weighted by Gasteiger charge is 2.34. The van der Waals surface area contributed by atoms with Gasteiger partial charge in [-0.3, -0.25) is 4.79 Å². The van der Waals surface area contributed by atoms with Gasteiger partial charge in [0.05, 0.1) is 11.6 Å². The number of nitrogens with zero attached hydrogens (tertiary/aromatic N) is 3. The third kappa shape index (κ3) is 2.47. The van der Waals surface area contributed by atoms with Crippen LogP contribution in [0.3, 0.4) is 0 Å². The van der Waals surface area contributed by atoms with E-state index in [0.717, 1.165) is 0 Å². The maximum atomic E-state index is 11.9. The Bertz CT molecular complexity index is 763. The molecule has 1 aliphatic rings. The number of pyridine rings is 1. The predicted molar refractivity (Wildman–Crippen MR) is 73.0 cm³/mol. The lowest BCUT2D eigenvalue weighted by atomic mass is 9.84. The van der Waals surface area contributed by atoms with Gasteiger partial charge < -0.3 is 10.5 Å². The maximum absolute atomic E-state index is 11.9. The highest BCUT2D eigenvalue weighted by Crippen LogP contribution is 2.38. The SMILES string of the molecule is CC(=O)C1=C(C)OC(N)=C(C#N)C1c1cccc(C#N)n1. The van der Waals surface area contributed by atoms with Crippen molar-refractivity contribution in [1.29, 1.82) is 10.5 Å². The summed E-state index contributed by atoms with van der Waals surface area (Å²) in [6, 6.07) is 8.74. The number of nitriles is 2. The molecule has 0 radical (unpaired) electrons. The molecule has 0 fully saturated rings. The molecule has 1 aromatic heterocycles. The van der Waals surface area contributed by atoms with Gasteiger partial charge in [-0.15, -0.1) is 0 Å². The Morgan fingerprint density at radius 1 is 1.38 bits per heavy atom. The number of carbonyl (C=O) groups excluding carboxylic acids is 1. The van der Waals surface area contributed by atoms with Gasteiger partial charge in [0.1, 0.15) is 29.2 Å². The number of nitrogens with two attached hydrogens (primary N) is 1. The Hall–Kier alpha value is -3.12. The number of allylic oxidation sites excluding steroid dienone is 3. The molecule has 1 unspecified atom stereocenters. The van der Waals surface area contributed by atoms with Crippen LogP contribution < -0.4 is 5.73 Å². The number of ether oxygens (including phenoxy) is 1. The first-order valence-electron chi connectivity index (χ1n) is 6.16. The Kier molecular flexibility index (Phi) is 3.73. The van der Waals surface area contributed by atoms with Crippen molar-refractivity contribution < 1.29 is 9.53 Å². The number of aromatic nitrogens is 1. The summed E-state index contributed by atoms with van der Waals surface area (Å²) in [7, 11) is 0. The largest absolute Gasteiger partial charge is 0.445 e. The van der Waals surface area contributed by atoms with Crippen molar-refractivity contribution in [3.8, 4) is 12.1 Å². The molecule has 1 atom stereocenters. The van der Waals surface area contributed by atoms with E-state index in [1.807, 2.05) is 12.1 Å². The molecule has 0 saturated carbocycles. The molecule has 2 N–H and O–H groups in total. The highest BCUT2D eigenvalue weighted by atomic mass is 16.5. The summed E-state index contributed by atoms with van der Waals surface area (Å²) >= 11 is 0. The maximum Gasteiger partial charge on any atom is 0.205 e. The first kappa shape index (κ1) is 14.3. The van der Waals surface area contributed by atoms with Crippen LogP contribution in [0.1, 0.15) is 31.2 Å².